The maximum Gasteiger partial charge on any atom is 0.309 e. The second kappa shape index (κ2) is 8.87. The monoisotopic (exact) mass is 340 g/mol. The number of amides is 2. The van der Waals surface area contributed by atoms with E-state index in [0.717, 1.165) is 17.5 Å². The maximum absolute atomic E-state index is 12.0. The van der Waals surface area contributed by atoms with E-state index in [0.29, 0.717) is 13.0 Å². The van der Waals surface area contributed by atoms with Crippen molar-refractivity contribution in [3.63, 3.8) is 0 Å². The fourth-order valence-corrected chi connectivity index (χ4v) is 2.45. The summed E-state index contributed by atoms with van der Waals surface area (Å²) >= 11 is 0. The standard InChI is InChI=1S/C20H24N2O3/c1-3-15-4-8-17(9-5-15)14(2)22-20(25)19(24)21-13-12-16-6-10-18(23)11-7-16/h4-11,14,23H,3,12-13H2,1-2H3,(H,21,24)(H,22,25). The highest BCUT2D eigenvalue weighted by Gasteiger charge is 2.16. The largest absolute Gasteiger partial charge is 0.508 e. The first kappa shape index (κ1) is 18.5. The molecule has 2 amide bonds. The van der Waals surface area contributed by atoms with Crippen molar-refractivity contribution < 1.29 is 14.7 Å². The van der Waals surface area contributed by atoms with Crippen molar-refractivity contribution in [2.75, 3.05) is 6.54 Å². The Morgan fingerprint density at radius 2 is 1.56 bits per heavy atom. The molecule has 1 atom stereocenters. The third-order valence-corrected chi connectivity index (χ3v) is 4.08. The highest BCUT2D eigenvalue weighted by Crippen LogP contribution is 2.13. The average Bonchev–Trinajstić information content (AvgIpc) is 2.63. The Morgan fingerprint density at radius 1 is 0.960 bits per heavy atom. The molecule has 25 heavy (non-hydrogen) atoms. The zero-order valence-corrected chi connectivity index (χ0v) is 14.6. The molecule has 0 fully saturated rings. The van der Waals surface area contributed by atoms with Crippen LogP contribution in [0.4, 0.5) is 0 Å². The van der Waals surface area contributed by atoms with E-state index in [1.807, 2.05) is 31.2 Å². The molecule has 5 nitrogen and oxygen atoms in total. The summed E-state index contributed by atoms with van der Waals surface area (Å²) in [5.74, 6) is -1.08. The summed E-state index contributed by atoms with van der Waals surface area (Å²) < 4.78 is 0. The van der Waals surface area contributed by atoms with Crippen LogP contribution < -0.4 is 10.6 Å². The van der Waals surface area contributed by atoms with Crippen LogP contribution >= 0.6 is 0 Å². The fourth-order valence-electron chi connectivity index (χ4n) is 2.45. The Hall–Kier alpha value is -2.82. The molecule has 0 aliphatic rings. The second-order valence-corrected chi connectivity index (χ2v) is 5.96. The van der Waals surface area contributed by atoms with Gasteiger partial charge in [0.2, 0.25) is 0 Å². The smallest absolute Gasteiger partial charge is 0.309 e. The zero-order chi connectivity index (χ0) is 18.2. The molecule has 0 spiro atoms. The van der Waals surface area contributed by atoms with E-state index in [9.17, 15) is 14.7 Å². The van der Waals surface area contributed by atoms with Crippen LogP contribution in [0.25, 0.3) is 0 Å². The number of carbonyl (C=O) groups excluding carboxylic acids is 2. The van der Waals surface area contributed by atoms with Gasteiger partial charge in [0.25, 0.3) is 0 Å². The number of nitrogens with one attached hydrogen (secondary N) is 2. The van der Waals surface area contributed by atoms with E-state index in [-0.39, 0.29) is 11.8 Å². The van der Waals surface area contributed by atoms with Crippen molar-refractivity contribution in [2.24, 2.45) is 0 Å². The molecule has 0 aliphatic carbocycles. The van der Waals surface area contributed by atoms with Crippen LogP contribution in [0, 0.1) is 0 Å². The van der Waals surface area contributed by atoms with Crippen LogP contribution in [0.3, 0.4) is 0 Å². The molecule has 1 unspecified atom stereocenters. The van der Waals surface area contributed by atoms with Gasteiger partial charge in [-0.1, -0.05) is 43.3 Å². The molecule has 5 heteroatoms. The summed E-state index contributed by atoms with van der Waals surface area (Å²) in [5, 5.41) is 14.5. The lowest BCUT2D eigenvalue weighted by molar-refractivity contribution is -0.139. The number of phenols is 1. The molecule has 0 radical (unpaired) electrons. The molecule has 132 valence electrons. The van der Waals surface area contributed by atoms with E-state index in [1.165, 1.54) is 5.56 Å². The molecule has 0 bridgehead atoms. The van der Waals surface area contributed by atoms with Gasteiger partial charge in [0, 0.05) is 6.54 Å². The number of benzene rings is 2. The molecule has 0 heterocycles. The predicted octanol–water partition coefficient (Wildman–Crippen LogP) is 2.49. The van der Waals surface area contributed by atoms with Gasteiger partial charge >= 0.3 is 11.8 Å². The minimum atomic E-state index is -0.643. The van der Waals surface area contributed by atoms with Crippen LogP contribution in [0.2, 0.25) is 0 Å². The third-order valence-electron chi connectivity index (χ3n) is 4.08. The van der Waals surface area contributed by atoms with Crippen molar-refractivity contribution in [1.29, 1.82) is 0 Å². The summed E-state index contributed by atoms with van der Waals surface area (Å²) in [4.78, 5) is 23.9. The highest BCUT2D eigenvalue weighted by molar-refractivity contribution is 6.35. The first-order valence-corrected chi connectivity index (χ1v) is 8.45. The van der Waals surface area contributed by atoms with Gasteiger partial charge in [-0.25, -0.2) is 0 Å². The normalized spacial score (nSPS) is 11.6. The Balaban J connectivity index is 1.78. The van der Waals surface area contributed by atoms with Gasteiger partial charge in [-0.3, -0.25) is 9.59 Å². The Labute approximate surface area is 148 Å². The third kappa shape index (κ3) is 5.64. The molecule has 0 saturated heterocycles. The lowest BCUT2D eigenvalue weighted by Gasteiger charge is -2.14. The number of hydrogen-bond acceptors (Lipinski definition) is 3. The molecule has 2 aromatic carbocycles. The minimum absolute atomic E-state index is 0.202. The molecule has 2 rings (SSSR count). The van der Waals surface area contributed by atoms with Gasteiger partial charge in [0.05, 0.1) is 6.04 Å². The van der Waals surface area contributed by atoms with Gasteiger partial charge < -0.3 is 15.7 Å². The summed E-state index contributed by atoms with van der Waals surface area (Å²) in [5.41, 5.74) is 3.17. The SMILES string of the molecule is CCc1ccc(C(C)NC(=O)C(=O)NCCc2ccc(O)cc2)cc1. The molecule has 0 saturated carbocycles. The van der Waals surface area contributed by atoms with Gasteiger partial charge in [-0.05, 0) is 48.6 Å². The number of aryl methyl sites for hydroxylation is 1. The number of rotatable bonds is 6. The lowest BCUT2D eigenvalue weighted by atomic mass is 10.1. The van der Waals surface area contributed by atoms with Crippen molar-refractivity contribution >= 4 is 11.8 Å². The lowest BCUT2D eigenvalue weighted by Crippen LogP contribution is -2.41. The molecule has 0 aromatic heterocycles. The van der Waals surface area contributed by atoms with Crippen molar-refractivity contribution in [2.45, 2.75) is 32.7 Å². The van der Waals surface area contributed by atoms with Crippen molar-refractivity contribution in [1.82, 2.24) is 10.6 Å². The van der Waals surface area contributed by atoms with E-state index in [1.54, 1.807) is 24.3 Å². The molecular weight excluding hydrogens is 316 g/mol. The van der Waals surface area contributed by atoms with Gasteiger partial charge in [0.1, 0.15) is 5.75 Å². The maximum atomic E-state index is 12.0. The van der Waals surface area contributed by atoms with E-state index < -0.39 is 11.8 Å². The number of hydrogen-bond donors (Lipinski definition) is 3. The fraction of sp³-hybridized carbons (Fsp3) is 0.300. The number of carbonyl (C=O) groups is 2. The molecular formula is C20H24N2O3. The Kier molecular flexibility index (Phi) is 6.57. The van der Waals surface area contributed by atoms with Crippen molar-refractivity contribution in [3.05, 3.63) is 65.2 Å². The first-order valence-electron chi connectivity index (χ1n) is 8.45. The van der Waals surface area contributed by atoms with E-state index in [2.05, 4.69) is 17.6 Å². The number of aromatic hydroxyl groups is 1. The predicted molar refractivity (Wildman–Crippen MR) is 97.2 cm³/mol. The van der Waals surface area contributed by atoms with Crippen molar-refractivity contribution in [3.8, 4) is 5.75 Å². The Bertz CT molecular complexity index is 709. The summed E-state index contributed by atoms with van der Waals surface area (Å²) in [6.45, 7) is 4.29. The van der Waals surface area contributed by atoms with Crippen LogP contribution in [0.5, 0.6) is 5.75 Å². The minimum Gasteiger partial charge on any atom is -0.508 e. The van der Waals surface area contributed by atoms with E-state index in [4.69, 9.17) is 0 Å². The summed E-state index contributed by atoms with van der Waals surface area (Å²) in [7, 11) is 0. The van der Waals surface area contributed by atoms with Crippen LogP contribution in [-0.2, 0) is 22.4 Å². The molecule has 0 aliphatic heterocycles. The quantitative estimate of drug-likeness (QED) is 0.707. The van der Waals surface area contributed by atoms with Gasteiger partial charge in [0.15, 0.2) is 0 Å². The Morgan fingerprint density at radius 3 is 2.16 bits per heavy atom. The first-order chi connectivity index (χ1) is 12.0. The second-order valence-electron chi connectivity index (χ2n) is 5.96. The summed E-state index contributed by atoms with van der Waals surface area (Å²) in [6.07, 6.45) is 1.55. The zero-order valence-electron chi connectivity index (χ0n) is 14.6. The van der Waals surface area contributed by atoms with Gasteiger partial charge in [-0.2, -0.15) is 0 Å². The van der Waals surface area contributed by atoms with Crippen LogP contribution in [-0.4, -0.2) is 23.5 Å². The van der Waals surface area contributed by atoms with Gasteiger partial charge in [-0.15, -0.1) is 0 Å². The van der Waals surface area contributed by atoms with Crippen LogP contribution in [0.1, 0.15) is 36.6 Å². The summed E-state index contributed by atoms with van der Waals surface area (Å²) in [6, 6.07) is 14.5. The van der Waals surface area contributed by atoms with Crippen LogP contribution in [0.15, 0.2) is 48.5 Å². The van der Waals surface area contributed by atoms with E-state index >= 15 is 0 Å². The number of phenolic OH excluding ortho intramolecular Hbond substituents is 1. The molecule has 3 N–H and O–H groups in total. The topological polar surface area (TPSA) is 78.4 Å². The highest BCUT2D eigenvalue weighted by atomic mass is 16.3. The molecule has 2 aromatic rings. The average molecular weight is 340 g/mol.